The molecule has 0 saturated carbocycles. The van der Waals surface area contributed by atoms with Gasteiger partial charge in [-0.2, -0.15) is 0 Å². The lowest BCUT2D eigenvalue weighted by Crippen LogP contribution is -2.35. The molecular weight excluding hydrogens is 344 g/mol. The van der Waals surface area contributed by atoms with Crippen molar-refractivity contribution in [1.29, 1.82) is 0 Å². The molecule has 2 aromatic rings. The van der Waals surface area contributed by atoms with Gasteiger partial charge < -0.3 is 8.94 Å². The van der Waals surface area contributed by atoms with Gasteiger partial charge in [-0.1, -0.05) is 5.16 Å². The molecule has 0 amide bonds. The third kappa shape index (κ3) is 3.19. The molecule has 1 saturated heterocycles. The number of rotatable bonds is 4. The predicted octanol–water partition coefficient (Wildman–Crippen LogP) is 1.02. The van der Waals surface area contributed by atoms with Crippen molar-refractivity contribution >= 4 is 19.9 Å². The SMILES string of the molecule is Cc1noc(-c2ccc(S(=O)(=O)NC3CCS(=O)(=O)C3)o2)c1C. The van der Waals surface area contributed by atoms with Crippen LogP contribution in [-0.4, -0.2) is 39.5 Å². The number of aromatic nitrogens is 1. The second-order valence-electron chi connectivity index (χ2n) is 5.56. The molecule has 23 heavy (non-hydrogen) atoms. The fourth-order valence-electron chi connectivity index (χ4n) is 2.40. The zero-order valence-electron chi connectivity index (χ0n) is 12.6. The number of nitrogens with zero attached hydrogens (tertiary/aromatic N) is 1. The highest BCUT2D eigenvalue weighted by Crippen LogP contribution is 2.29. The first-order chi connectivity index (χ1) is 10.7. The van der Waals surface area contributed by atoms with Gasteiger partial charge in [-0.15, -0.1) is 0 Å². The van der Waals surface area contributed by atoms with Crippen molar-refractivity contribution in [2.45, 2.75) is 31.4 Å². The molecule has 0 aliphatic carbocycles. The molecule has 8 nitrogen and oxygen atoms in total. The van der Waals surface area contributed by atoms with Gasteiger partial charge in [-0.25, -0.2) is 21.6 Å². The van der Waals surface area contributed by atoms with E-state index in [2.05, 4.69) is 9.88 Å². The van der Waals surface area contributed by atoms with Crippen LogP contribution >= 0.6 is 0 Å². The molecule has 10 heteroatoms. The van der Waals surface area contributed by atoms with Crippen molar-refractivity contribution in [3.8, 4) is 11.5 Å². The maximum absolute atomic E-state index is 12.3. The number of hydrogen-bond acceptors (Lipinski definition) is 7. The molecule has 1 unspecified atom stereocenters. The van der Waals surface area contributed by atoms with Crippen LogP contribution in [0.25, 0.3) is 11.5 Å². The average molecular weight is 360 g/mol. The van der Waals surface area contributed by atoms with Crippen molar-refractivity contribution in [2.24, 2.45) is 0 Å². The van der Waals surface area contributed by atoms with Gasteiger partial charge in [0.2, 0.25) is 10.9 Å². The summed E-state index contributed by atoms with van der Waals surface area (Å²) in [7, 11) is -7.10. The smallest absolute Gasteiger partial charge is 0.274 e. The van der Waals surface area contributed by atoms with Gasteiger partial charge in [0.25, 0.3) is 10.0 Å². The zero-order chi connectivity index (χ0) is 16.8. The molecule has 0 aromatic carbocycles. The third-order valence-electron chi connectivity index (χ3n) is 3.78. The molecule has 1 aliphatic rings. The Bertz CT molecular complexity index is 939. The summed E-state index contributed by atoms with van der Waals surface area (Å²) in [6.07, 6.45) is 0.259. The Kier molecular flexibility index (Phi) is 3.85. The molecule has 1 fully saturated rings. The largest absolute Gasteiger partial charge is 0.440 e. The van der Waals surface area contributed by atoms with Crippen LogP contribution < -0.4 is 4.72 Å². The summed E-state index contributed by atoms with van der Waals surface area (Å²) in [6, 6.07) is 2.15. The monoisotopic (exact) mass is 360 g/mol. The summed E-state index contributed by atoms with van der Waals surface area (Å²) in [6.45, 7) is 3.56. The van der Waals surface area contributed by atoms with Crippen LogP contribution in [0.3, 0.4) is 0 Å². The summed E-state index contributed by atoms with van der Waals surface area (Å²) >= 11 is 0. The fourth-order valence-corrected chi connectivity index (χ4v) is 5.38. The van der Waals surface area contributed by atoms with E-state index in [-0.39, 0.29) is 28.8 Å². The first-order valence-corrected chi connectivity index (χ1v) is 10.2. The number of sulfone groups is 1. The van der Waals surface area contributed by atoms with Crippen LogP contribution in [0.4, 0.5) is 0 Å². The van der Waals surface area contributed by atoms with E-state index in [9.17, 15) is 16.8 Å². The number of sulfonamides is 1. The van der Waals surface area contributed by atoms with E-state index < -0.39 is 25.9 Å². The Morgan fingerprint density at radius 3 is 2.61 bits per heavy atom. The maximum Gasteiger partial charge on any atom is 0.274 e. The quantitative estimate of drug-likeness (QED) is 0.864. The topological polar surface area (TPSA) is 119 Å². The van der Waals surface area contributed by atoms with E-state index >= 15 is 0 Å². The number of aryl methyl sites for hydroxylation is 1. The Balaban J connectivity index is 1.83. The highest BCUT2D eigenvalue weighted by atomic mass is 32.2. The van der Waals surface area contributed by atoms with Gasteiger partial charge in [0.1, 0.15) is 0 Å². The van der Waals surface area contributed by atoms with Crippen LogP contribution in [0.2, 0.25) is 0 Å². The molecule has 1 aliphatic heterocycles. The van der Waals surface area contributed by atoms with Crippen molar-refractivity contribution < 1.29 is 25.8 Å². The van der Waals surface area contributed by atoms with Crippen LogP contribution in [0.15, 0.2) is 26.2 Å². The van der Waals surface area contributed by atoms with E-state index in [1.54, 1.807) is 13.8 Å². The second kappa shape index (κ2) is 5.46. The van der Waals surface area contributed by atoms with E-state index in [0.717, 1.165) is 5.56 Å². The molecule has 126 valence electrons. The summed E-state index contributed by atoms with van der Waals surface area (Å²) in [4.78, 5) is 0. The summed E-state index contributed by atoms with van der Waals surface area (Å²) in [5.74, 6) is 0.412. The van der Waals surface area contributed by atoms with E-state index in [1.807, 2.05) is 0 Å². The number of nitrogens with one attached hydrogen (secondary N) is 1. The lowest BCUT2D eigenvalue weighted by Gasteiger charge is -2.09. The molecule has 0 spiro atoms. The molecule has 2 aromatic heterocycles. The van der Waals surface area contributed by atoms with Crippen molar-refractivity contribution in [3.63, 3.8) is 0 Å². The first kappa shape index (κ1) is 16.2. The fraction of sp³-hybridized carbons (Fsp3) is 0.462. The Labute approximate surface area is 133 Å². The highest BCUT2D eigenvalue weighted by molar-refractivity contribution is 7.92. The summed E-state index contributed by atoms with van der Waals surface area (Å²) in [5, 5.41) is 3.51. The molecule has 3 rings (SSSR count). The minimum atomic E-state index is -3.93. The number of hydrogen-bond donors (Lipinski definition) is 1. The Hall–Kier alpha value is -1.65. The third-order valence-corrected chi connectivity index (χ3v) is 6.94. The van der Waals surface area contributed by atoms with E-state index in [0.29, 0.717) is 11.5 Å². The molecule has 1 N–H and O–H groups in total. The highest BCUT2D eigenvalue weighted by Gasteiger charge is 2.32. The minimum Gasteiger partial charge on any atom is -0.440 e. The Morgan fingerprint density at radius 1 is 1.30 bits per heavy atom. The van der Waals surface area contributed by atoms with Gasteiger partial charge >= 0.3 is 0 Å². The minimum absolute atomic E-state index is 0.0138. The molecular formula is C13H16N2O6S2. The molecule has 0 bridgehead atoms. The van der Waals surface area contributed by atoms with Crippen LogP contribution in [0.1, 0.15) is 17.7 Å². The van der Waals surface area contributed by atoms with Gasteiger partial charge in [0.15, 0.2) is 15.6 Å². The maximum atomic E-state index is 12.3. The standard InChI is InChI=1S/C13H16N2O6S2/c1-8-9(2)14-21-13(8)11-3-4-12(20-11)23(18,19)15-10-5-6-22(16,17)7-10/h3-4,10,15H,5-7H2,1-2H3. The van der Waals surface area contributed by atoms with E-state index in [4.69, 9.17) is 8.94 Å². The van der Waals surface area contributed by atoms with Gasteiger partial charge in [-0.05, 0) is 32.4 Å². The second-order valence-corrected chi connectivity index (χ2v) is 9.44. The summed E-state index contributed by atoms with van der Waals surface area (Å²) in [5.41, 5.74) is 1.45. The zero-order valence-corrected chi connectivity index (χ0v) is 14.2. The van der Waals surface area contributed by atoms with Crippen LogP contribution in [-0.2, 0) is 19.9 Å². The Morgan fingerprint density at radius 2 is 2.04 bits per heavy atom. The lowest BCUT2D eigenvalue weighted by atomic mass is 10.2. The van der Waals surface area contributed by atoms with Crippen LogP contribution in [0, 0.1) is 13.8 Å². The van der Waals surface area contributed by atoms with Crippen LogP contribution in [0.5, 0.6) is 0 Å². The predicted molar refractivity (Wildman–Crippen MR) is 81.1 cm³/mol. The van der Waals surface area contributed by atoms with Crippen molar-refractivity contribution in [3.05, 3.63) is 23.4 Å². The molecule has 0 radical (unpaired) electrons. The number of furan rings is 1. The van der Waals surface area contributed by atoms with Crippen molar-refractivity contribution in [1.82, 2.24) is 9.88 Å². The van der Waals surface area contributed by atoms with E-state index in [1.165, 1.54) is 12.1 Å². The normalized spacial score (nSPS) is 20.9. The molecule has 1 atom stereocenters. The first-order valence-electron chi connectivity index (χ1n) is 6.94. The van der Waals surface area contributed by atoms with Crippen molar-refractivity contribution in [2.75, 3.05) is 11.5 Å². The van der Waals surface area contributed by atoms with Gasteiger partial charge in [-0.3, -0.25) is 0 Å². The summed E-state index contributed by atoms with van der Waals surface area (Å²) < 4.78 is 60.3. The van der Waals surface area contributed by atoms with Gasteiger partial charge in [0.05, 0.1) is 17.2 Å². The average Bonchev–Trinajstić information content (AvgIpc) is 3.12. The lowest BCUT2D eigenvalue weighted by molar-refractivity contribution is 0.396. The van der Waals surface area contributed by atoms with Gasteiger partial charge in [0, 0.05) is 11.6 Å². The molecule has 3 heterocycles.